The van der Waals surface area contributed by atoms with Crippen molar-refractivity contribution in [3.8, 4) is 6.01 Å². The zero-order valence-electron chi connectivity index (χ0n) is 14.3. The minimum Gasteiger partial charge on any atom is -0.468 e. The van der Waals surface area contributed by atoms with E-state index in [1.807, 2.05) is 0 Å². The van der Waals surface area contributed by atoms with Gasteiger partial charge in [0, 0.05) is 26.4 Å². The topological polar surface area (TPSA) is 104 Å². The second-order valence-electron chi connectivity index (χ2n) is 5.70. The lowest BCUT2D eigenvalue weighted by molar-refractivity contribution is 0.277. The molecule has 0 unspecified atom stereocenters. The van der Waals surface area contributed by atoms with E-state index in [2.05, 4.69) is 9.97 Å². The normalized spacial score (nSPS) is 11.2. The number of imidazole rings is 1. The molecule has 0 saturated heterocycles. The first-order valence-corrected chi connectivity index (χ1v) is 8.31. The average Bonchev–Trinajstić information content (AvgIpc) is 3.00. The minimum absolute atomic E-state index is 0.116. The van der Waals surface area contributed by atoms with E-state index >= 15 is 0 Å². The molecule has 0 amide bonds. The summed E-state index contributed by atoms with van der Waals surface area (Å²) in [5.74, 6) is 0. The van der Waals surface area contributed by atoms with Crippen LogP contribution in [0, 0.1) is 0 Å². The summed E-state index contributed by atoms with van der Waals surface area (Å²) in [7, 11) is 2.98. The summed E-state index contributed by atoms with van der Waals surface area (Å²) >= 11 is 5.86. The Kier molecular flexibility index (Phi) is 5.10. The lowest BCUT2D eigenvalue weighted by atomic mass is 10.3. The number of hydrogen-bond donors (Lipinski definition) is 1. The molecule has 1 N–H and O–H groups in total. The third-order valence-corrected chi connectivity index (χ3v) is 4.25. The average molecular weight is 380 g/mol. The number of methoxy groups -OCH3 is 1. The van der Waals surface area contributed by atoms with Crippen LogP contribution in [0.1, 0.15) is 12.1 Å². The SMILES string of the molecule is COc1nc2c(c(=O)n(CCCO)c(=O)n2C)n1Cc1ccc(Cl)cn1. The summed E-state index contributed by atoms with van der Waals surface area (Å²) in [6.07, 6.45) is 1.81. The number of aromatic nitrogens is 5. The minimum atomic E-state index is -0.493. The molecule has 3 heterocycles. The Morgan fingerprint density at radius 1 is 1.27 bits per heavy atom. The highest BCUT2D eigenvalue weighted by Gasteiger charge is 2.21. The molecule has 0 aliphatic carbocycles. The third kappa shape index (κ3) is 3.11. The van der Waals surface area contributed by atoms with Crippen LogP contribution in [0.5, 0.6) is 6.01 Å². The number of halogens is 1. The predicted molar refractivity (Wildman–Crippen MR) is 95.8 cm³/mol. The summed E-state index contributed by atoms with van der Waals surface area (Å²) in [5, 5.41) is 9.53. The molecule has 0 saturated carbocycles. The van der Waals surface area contributed by atoms with Gasteiger partial charge < -0.3 is 9.84 Å². The maximum absolute atomic E-state index is 12.9. The summed E-state index contributed by atoms with van der Waals surface area (Å²) in [6.45, 7) is 0.222. The van der Waals surface area contributed by atoms with Gasteiger partial charge >= 0.3 is 5.69 Å². The zero-order valence-corrected chi connectivity index (χ0v) is 15.1. The molecule has 26 heavy (non-hydrogen) atoms. The Hall–Kier alpha value is -2.65. The second kappa shape index (κ2) is 7.30. The standard InChI is InChI=1S/C16H18ClN5O4/c1-20-13-12(14(24)21(16(20)25)6-3-7-23)22(15(19-13)26-2)9-11-5-4-10(17)8-18-11/h4-5,8,23H,3,6-7,9H2,1-2H3. The van der Waals surface area contributed by atoms with E-state index in [1.165, 1.54) is 24.9 Å². The first-order valence-electron chi connectivity index (χ1n) is 7.93. The van der Waals surface area contributed by atoms with E-state index in [-0.39, 0.29) is 36.9 Å². The molecule has 9 nitrogen and oxygen atoms in total. The molecule has 0 aliphatic heterocycles. The molecule has 0 aromatic carbocycles. The number of ether oxygens (including phenoxy) is 1. The van der Waals surface area contributed by atoms with Crippen LogP contribution >= 0.6 is 11.6 Å². The molecule has 0 aliphatic rings. The third-order valence-electron chi connectivity index (χ3n) is 4.03. The number of hydrogen-bond acceptors (Lipinski definition) is 6. The van der Waals surface area contributed by atoms with Gasteiger partial charge in [-0.25, -0.2) is 4.79 Å². The molecule has 0 fully saturated rings. The molecule has 0 radical (unpaired) electrons. The van der Waals surface area contributed by atoms with Crippen molar-refractivity contribution < 1.29 is 9.84 Å². The van der Waals surface area contributed by atoms with Crippen LogP contribution in [0.3, 0.4) is 0 Å². The van der Waals surface area contributed by atoms with Gasteiger partial charge in [0.1, 0.15) is 0 Å². The van der Waals surface area contributed by atoms with Gasteiger partial charge in [-0.2, -0.15) is 4.98 Å². The molecule has 3 rings (SSSR count). The van der Waals surface area contributed by atoms with E-state index in [0.717, 1.165) is 4.57 Å². The number of aliphatic hydroxyl groups excluding tert-OH is 1. The largest absolute Gasteiger partial charge is 0.468 e. The van der Waals surface area contributed by atoms with E-state index in [1.54, 1.807) is 16.7 Å². The Morgan fingerprint density at radius 2 is 2.04 bits per heavy atom. The fourth-order valence-corrected chi connectivity index (χ4v) is 2.85. The Balaban J connectivity index is 2.24. The van der Waals surface area contributed by atoms with Crippen molar-refractivity contribution in [2.24, 2.45) is 7.05 Å². The van der Waals surface area contributed by atoms with Gasteiger partial charge in [-0.1, -0.05) is 11.6 Å². The first-order chi connectivity index (χ1) is 12.5. The van der Waals surface area contributed by atoms with Crippen LogP contribution in [-0.4, -0.2) is 42.5 Å². The molecule has 138 valence electrons. The molecule has 3 aromatic heterocycles. The van der Waals surface area contributed by atoms with E-state index in [9.17, 15) is 9.59 Å². The molecule has 0 atom stereocenters. The van der Waals surface area contributed by atoms with Crippen molar-refractivity contribution in [1.29, 1.82) is 0 Å². The lowest BCUT2D eigenvalue weighted by Crippen LogP contribution is -2.39. The number of nitrogens with zero attached hydrogens (tertiary/aromatic N) is 5. The van der Waals surface area contributed by atoms with Crippen molar-refractivity contribution in [2.75, 3.05) is 13.7 Å². The van der Waals surface area contributed by atoms with Crippen LogP contribution in [0.2, 0.25) is 5.02 Å². The quantitative estimate of drug-likeness (QED) is 0.664. The predicted octanol–water partition coefficient (Wildman–Crippen LogP) is 0.384. The molecular formula is C16H18ClN5O4. The summed E-state index contributed by atoms with van der Waals surface area (Å²) in [5.41, 5.74) is 0.140. The van der Waals surface area contributed by atoms with Gasteiger partial charge in [0.25, 0.3) is 11.6 Å². The van der Waals surface area contributed by atoms with Crippen LogP contribution in [0.4, 0.5) is 0 Å². The van der Waals surface area contributed by atoms with E-state index < -0.39 is 11.2 Å². The fraction of sp³-hybridized carbons (Fsp3) is 0.375. The van der Waals surface area contributed by atoms with Gasteiger partial charge in [0.05, 0.1) is 24.4 Å². The summed E-state index contributed by atoms with van der Waals surface area (Å²) in [4.78, 5) is 33.9. The van der Waals surface area contributed by atoms with Crippen molar-refractivity contribution >= 4 is 22.8 Å². The number of rotatable bonds is 6. The van der Waals surface area contributed by atoms with Gasteiger partial charge in [0.2, 0.25) is 0 Å². The van der Waals surface area contributed by atoms with Gasteiger partial charge in [0.15, 0.2) is 11.2 Å². The molecule has 0 bridgehead atoms. The smallest absolute Gasteiger partial charge is 0.332 e. The van der Waals surface area contributed by atoms with Crippen LogP contribution in [0.15, 0.2) is 27.9 Å². The van der Waals surface area contributed by atoms with Crippen LogP contribution in [0.25, 0.3) is 11.2 Å². The highest BCUT2D eigenvalue weighted by atomic mass is 35.5. The molecule has 3 aromatic rings. The number of fused-ring (bicyclic) bond motifs is 1. The Morgan fingerprint density at radius 3 is 2.65 bits per heavy atom. The van der Waals surface area contributed by atoms with Gasteiger partial charge in [-0.05, 0) is 18.6 Å². The molecular weight excluding hydrogens is 362 g/mol. The van der Waals surface area contributed by atoms with Crippen LogP contribution in [-0.2, 0) is 20.1 Å². The monoisotopic (exact) mass is 379 g/mol. The van der Waals surface area contributed by atoms with E-state index in [4.69, 9.17) is 21.4 Å². The molecule has 10 heteroatoms. The highest BCUT2D eigenvalue weighted by Crippen LogP contribution is 2.19. The maximum Gasteiger partial charge on any atom is 0.332 e. The van der Waals surface area contributed by atoms with Crippen molar-refractivity contribution in [2.45, 2.75) is 19.5 Å². The second-order valence-corrected chi connectivity index (χ2v) is 6.14. The van der Waals surface area contributed by atoms with Gasteiger partial charge in [-0.15, -0.1) is 0 Å². The highest BCUT2D eigenvalue weighted by molar-refractivity contribution is 6.30. The summed E-state index contributed by atoms with van der Waals surface area (Å²) in [6, 6.07) is 3.63. The van der Waals surface area contributed by atoms with E-state index in [0.29, 0.717) is 17.1 Å². The number of aliphatic hydroxyl groups is 1. The number of aryl methyl sites for hydroxylation is 1. The van der Waals surface area contributed by atoms with Crippen molar-refractivity contribution in [3.63, 3.8) is 0 Å². The van der Waals surface area contributed by atoms with Gasteiger partial charge in [-0.3, -0.25) is 23.5 Å². The summed E-state index contributed by atoms with van der Waals surface area (Å²) < 4.78 is 9.25. The van der Waals surface area contributed by atoms with Crippen LogP contribution < -0.4 is 16.0 Å². The Labute approximate surface area is 153 Å². The zero-order chi connectivity index (χ0) is 18.8. The van der Waals surface area contributed by atoms with Crippen molar-refractivity contribution in [1.82, 2.24) is 23.7 Å². The number of pyridine rings is 1. The molecule has 0 spiro atoms. The first kappa shape index (κ1) is 18.2. The van der Waals surface area contributed by atoms with Crippen molar-refractivity contribution in [3.05, 3.63) is 49.9 Å². The maximum atomic E-state index is 12.9. The Bertz CT molecular complexity index is 1050. The fourth-order valence-electron chi connectivity index (χ4n) is 2.74. The lowest BCUT2D eigenvalue weighted by Gasteiger charge is -2.10.